The molecular weight excluding hydrogens is 326 g/mol. The van der Waals surface area contributed by atoms with Crippen molar-refractivity contribution in [3.63, 3.8) is 0 Å². The average molecular weight is 365 g/mol. The molecule has 122 valence electrons. The predicted octanol–water partition coefficient (Wildman–Crippen LogP) is 6.83. The maximum atomic E-state index is 3.73. The Kier molecular flexibility index (Phi) is 15.6. The molecule has 2 heteroatoms. The van der Waals surface area contributed by atoms with Gasteiger partial charge >= 0.3 is 137 Å². The van der Waals surface area contributed by atoms with Crippen LogP contribution >= 0.6 is 5.51 Å². The minimum atomic E-state index is -0.715. The molecule has 0 rings (SSSR count). The van der Waals surface area contributed by atoms with Gasteiger partial charge in [-0.25, -0.2) is 0 Å². The summed E-state index contributed by atoms with van der Waals surface area (Å²) in [4.78, 5) is 0. The quantitative estimate of drug-likeness (QED) is 0.169. The molecular formula is C18H39PSe. The number of rotatable bonds is 15. The zero-order valence-corrected chi connectivity index (χ0v) is 17.1. The van der Waals surface area contributed by atoms with Crippen molar-refractivity contribution in [1.82, 2.24) is 0 Å². The van der Waals surface area contributed by atoms with E-state index in [-0.39, 0.29) is 0 Å². The summed E-state index contributed by atoms with van der Waals surface area (Å²) in [6.45, 7) is 6.95. The molecule has 0 spiro atoms. The molecule has 0 aliphatic rings. The van der Waals surface area contributed by atoms with E-state index >= 15 is 0 Å². The van der Waals surface area contributed by atoms with Crippen LogP contribution in [0.4, 0.5) is 0 Å². The topological polar surface area (TPSA) is 0 Å². The van der Waals surface area contributed by atoms with E-state index in [1.807, 2.05) is 0 Å². The summed E-state index contributed by atoms with van der Waals surface area (Å²) in [6, 6.07) is 0. The van der Waals surface area contributed by atoms with Crippen LogP contribution in [0, 0.1) is 0 Å². The van der Waals surface area contributed by atoms with E-state index in [9.17, 15) is 0 Å². The summed E-state index contributed by atoms with van der Waals surface area (Å²) in [5, 5.41) is 0. The molecule has 0 aliphatic heterocycles. The number of hydrogen-bond donors (Lipinski definition) is 0. The Bertz CT molecular complexity index is 200. The Labute approximate surface area is 137 Å². The molecule has 0 saturated heterocycles. The van der Waals surface area contributed by atoms with Crippen LogP contribution < -0.4 is 0 Å². The summed E-state index contributed by atoms with van der Waals surface area (Å²) in [6.07, 6.45) is 21.8. The Hall–Kier alpha value is 0.949. The van der Waals surface area contributed by atoms with Gasteiger partial charge in [0, 0.05) is 0 Å². The third-order valence-corrected chi connectivity index (χ3v) is 11.1. The van der Waals surface area contributed by atoms with E-state index in [4.69, 9.17) is 0 Å². The van der Waals surface area contributed by atoms with Gasteiger partial charge in [0.1, 0.15) is 0 Å². The van der Waals surface area contributed by atoms with Gasteiger partial charge in [-0.3, -0.25) is 0 Å². The SMILES string of the molecule is CCCCCCP(=[Se])(CCCCCC)CCCCCC. The van der Waals surface area contributed by atoms with E-state index in [1.54, 1.807) is 0 Å². The molecule has 0 fully saturated rings. The fourth-order valence-electron chi connectivity index (χ4n) is 2.82. The van der Waals surface area contributed by atoms with E-state index in [2.05, 4.69) is 35.9 Å². The van der Waals surface area contributed by atoms with Crippen LogP contribution in [0.3, 0.4) is 0 Å². The summed E-state index contributed by atoms with van der Waals surface area (Å²) >= 11 is 3.73. The van der Waals surface area contributed by atoms with Gasteiger partial charge in [0.15, 0.2) is 0 Å². The zero-order valence-electron chi connectivity index (χ0n) is 14.5. The molecule has 0 atom stereocenters. The van der Waals surface area contributed by atoms with Crippen LogP contribution in [0.5, 0.6) is 0 Å². The molecule has 20 heavy (non-hydrogen) atoms. The van der Waals surface area contributed by atoms with Crippen LogP contribution in [0.25, 0.3) is 0 Å². The second kappa shape index (κ2) is 14.9. The standard InChI is InChI=1S/C18H39PSe/c1-4-7-10-13-16-19(20,17-14-11-8-5-2)18-15-12-9-6-3/h4-18H2,1-3H3. The minimum absolute atomic E-state index is 0.715. The Morgan fingerprint density at radius 2 is 0.800 bits per heavy atom. The van der Waals surface area contributed by atoms with E-state index < -0.39 is 5.51 Å². The maximum absolute atomic E-state index is 3.73. The normalized spacial score (nSPS) is 11.9. The molecule has 0 nitrogen and oxygen atoms in total. The number of hydrogen-bond acceptors (Lipinski definition) is 0. The van der Waals surface area contributed by atoms with Crippen molar-refractivity contribution < 1.29 is 0 Å². The average Bonchev–Trinajstić information content (AvgIpc) is 2.45. The molecule has 0 N–H and O–H groups in total. The third-order valence-electron chi connectivity index (χ3n) is 4.26. The van der Waals surface area contributed by atoms with E-state index in [1.165, 1.54) is 95.5 Å². The van der Waals surface area contributed by atoms with Crippen molar-refractivity contribution >= 4 is 20.6 Å². The van der Waals surface area contributed by atoms with Crippen molar-refractivity contribution in [3.05, 3.63) is 0 Å². The van der Waals surface area contributed by atoms with E-state index in [0.29, 0.717) is 0 Å². The molecule has 0 aromatic carbocycles. The van der Waals surface area contributed by atoms with Gasteiger partial charge in [0.2, 0.25) is 0 Å². The molecule has 0 unspecified atom stereocenters. The number of unbranched alkanes of at least 4 members (excludes halogenated alkanes) is 9. The van der Waals surface area contributed by atoms with Gasteiger partial charge in [-0.2, -0.15) is 0 Å². The van der Waals surface area contributed by atoms with Crippen LogP contribution in [-0.4, -0.2) is 33.6 Å². The molecule has 0 saturated carbocycles. The summed E-state index contributed by atoms with van der Waals surface area (Å²) in [7, 11) is 0. The Morgan fingerprint density at radius 3 is 1.05 bits per heavy atom. The molecule has 0 radical (unpaired) electrons. The first-order chi connectivity index (χ1) is 9.68. The Balaban J connectivity index is 4.02. The predicted molar refractivity (Wildman–Crippen MR) is 99.7 cm³/mol. The van der Waals surface area contributed by atoms with Crippen LogP contribution in [-0.2, 0) is 0 Å². The van der Waals surface area contributed by atoms with E-state index in [0.717, 1.165) is 0 Å². The monoisotopic (exact) mass is 366 g/mol. The first-order valence-electron chi connectivity index (χ1n) is 9.25. The first-order valence-corrected chi connectivity index (χ1v) is 13.8. The summed E-state index contributed by atoms with van der Waals surface area (Å²) in [5.74, 6) is 0. The van der Waals surface area contributed by atoms with Gasteiger partial charge in [0.25, 0.3) is 0 Å². The van der Waals surface area contributed by atoms with Crippen LogP contribution in [0.15, 0.2) is 0 Å². The van der Waals surface area contributed by atoms with Crippen molar-refractivity contribution in [1.29, 1.82) is 0 Å². The summed E-state index contributed by atoms with van der Waals surface area (Å²) in [5.41, 5.74) is -0.715. The fraction of sp³-hybridized carbons (Fsp3) is 1.00. The van der Waals surface area contributed by atoms with Gasteiger partial charge in [-0.05, 0) is 0 Å². The van der Waals surface area contributed by atoms with Crippen molar-refractivity contribution in [2.75, 3.05) is 18.5 Å². The second-order valence-corrected chi connectivity index (χ2v) is 14.7. The van der Waals surface area contributed by atoms with Crippen LogP contribution in [0.2, 0.25) is 0 Å². The van der Waals surface area contributed by atoms with Crippen molar-refractivity contribution in [3.8, 4) is 0 Å². The molecule has 0 bridgehead atoms. The third kappa shape index (κ3) is 12.7. The first kappa shape index (κ1) is 20.9. The Morgan fingerprint density at radius 1 is 0.500 bits per heavy atom. The van der Waals surface area contributed by atoms with Gasteiger partial charge < -0.3 is 0 Å². The van der Waals surface area contributed by atoms with Crippen LogP contribution in [0.1, 0.15) is 97.8 Å². The second-order valence-electron chi connectivity index (χ2n) is 6.41. The molecule has 0 aromatic heterocycles. The van der Waals surface area contributed by atoms with Gasteiger partial charge in [-0.1, -0.05) is 0 Å². The van der Waals surface area contributed by atoms with Crippen molar-refractivity contribution in [2.45, 2.75) is 97.8 Å². The molecule has 0 heterocycles. The van der Waals surface area contributed by atoms with Gasteiger partial charge in [-0.15, -0.1) is 0 Å². The molecule has 0 amide bonds. The van der Waals surface area contributed by atoms with Gasteiger partial charge in [0.05, 0.1) is 0 Å². The zero-order chi connectivity index (χ0) is 15.1. The fourth-order valence-corrected chi connectivity index (χ4v) is 8.32. The molecule has 0 aromatic rings. The summed E-state index contributed by atoms with van der Waals surface area (Å²) < 4.78 is 0. The molecule has 0 aliphatic carbocycles. The van der Waals surface area contributed by atoms with Crippen molar-refractivity contribution in [2.24, 2.45) is 0 Å².